The fraction of sp³-hybridized carbons (Fsp3) is 0.533. The molecule has 0 radical (unpaired) electrons. The second kappa shape index (κ2) is 6.86. The van der Waals surface area contributed by atoms with Crippen LogP contribution in [-0.4, -0.2) is 24.1 Å². The number of carbonyl (C=O) groups is 1. The Balaban J connectivity index is 0.00000220. The molecule has 0 aromatic heterocycles. The number of carbonyl (C=O) groups excluding carboxylic acids is 1. The van der Waals surface area contributed by atoms with Crippen molar-refractivity contribution in [3.8, 4) is 5.75 Å². The lowest BCUT2D eigenvalue weighted by Gasteiger charge is -2.34. The maximum atomic E-state index is 12.4. The van der Waals surface area contributed by atoms with E-state index in [4.69, 9.17) is 22.1 Å². The van der Waals surface area contributed by atoms with E-state index in [-0.39, 0.29) is 24.2 Å². The smallest absolute Gasteiger partial charge is 0.261 e. The van der Waals surface area contributed by atoms with E-state index < -0.39 is 11.6 Å². The molecule has 0 saturated heterocycles. The van der Waals surface area contributed by atoms with Crippen LogP contribution in [0.15, 0.2) is 18.2 Å². The van der Waals surface area contributed by atoms with Gasteiger partial charge in [-0.05, 0) is 36.6 Å². The quantitative estimate of drug-likeness (QED) is 0.890. The summed E-state index contributed by atoms with van der Waals surface area (Å²) in [6.07, 6.45) is 0.0357. The maximum absolute atomic E-state index is 12.4. The van der Waals surface area contributed by atoms with Crippen LogP contribution < -0.4 is 15.8 Å². The SMILES string of the molecule is CC(C)C(C)(CN)NC(=O)C1Cc2cc(Cl)ccc2O1.Cl. The van der Waals surface area contributed by atoms with Gasteiger partial charge in [-0.3, -0.25) is 4.79 Å². The molecule has 1 heterocycles. The Labute approximate surface area is 136 Å². The standard InChI is InChI=1S/C15H21ClN2O2.ClH/c1-9(2)15(3,8-17)18-14(19)13-7-10-6-11(16)4-5-12(10)20-13;/h4-6,9,13H,7-8,17H2,1-3H3,(H,18,19);1H. The third-order valence-corrected chi connectivity index (χ3v) is 4.33. The molecule has 0 aliphatic carbocycles. The van der Waals surface area contributed by atoms with Gasteiger partial charge in [-0.15, -0.1) is 12.4 Å². The lowest BCUT2D eigenvalue weighted by atomic mass is 9.88. The van der Waals surface area contributed by atoms with Crippen LogP contribution in [0.3, 0.4) is 0 Å². The number of rotatable bonds is 4. The number of amides is 1. The Hall–Kier alpha value is -0.970. The molecule has 1 amide bonds. The summed E-state index contributed by atoms with van der Waals surface area (Å²) in [6.45, 7) is 6.42. The third-order valence-electron chi connectivity index (χ3n) is 4.10. The first kappa shape index (κ1) is 18.1. The van der Waals surface area contributed by atoms with E-state index in [0.29, 0.717) is 18.0 Å². The number of ether oxygens (including phenoxy) is 1. The summed E-state index contributed by atoms with van der Waals surface area (Å²) in [5, 5.41) is 3.67. The van der Waals surface area contributed by atoms with Gasteiger partial charge in [-0.25, -0.2) is 0 Å². The lowest BCUT2D eigenvalue weighted by Crippen LogP contribution is -2.57. The van der Waals surface area contributed by atoms with Gasteiger partial charge >= 0.3 is 0 Å². The van der Waals surface area contributed by atoms with E-state index in [1.54, 1.807) is 12.1 Å². The summed E-state index contributed by atoms with van der Waals surface area (Å²) in [6, 6.07) is 5.41. The number of fused-ring (bicyclic) bond motifs is 1. The Kier molecular flexibility index (Phi) is 5.91. The van der Waals surface area contributed by atoms with Crippen molar-refractivity contribution in [1.29, 1.82) is 0 Å². The number of benzene rings is 1. The largest absolute Gasteiger partial charge is 0.480 e. The summed E-state index contributed by atoms with van der Waals surface area (Å²) in [7, 11) is 0. The van der Waals surface area contributed by atoms with Crippen molar-refractivity contribution in [3.05, 3.63) is 28.8 Å². The normalized spacial score (nSPS) is 19.2. The van der Waals surface area contributed by atoms with E-state index in [9.17, 15) is 4.79 Å². The molecule has 2 unspecified atom stereocenters. The second-order valence-corrected chi connectivity index (χ2v) is 6.26. The van der Waals surface area contributed by atoms with Crippen LogP contribution >= 0.6 is 24.0 Å². The van der Waals surface area contributed by atoms with Crippen molar-refractivity contribution in [2.45, 2.75) is 38.8 Å². The molecule has 2 rings (SSSR count). The lowest BCUT2D eigenvalue weighted by molar-refractivity contribution is -0.129. The highest BCUT2D eigenvalue weighted by atomic mass is 35.5. The molecular formula is C15H22Cl2N2O2. The van der Waals surface area contributed by atoms with E-state index in [2.05, 4.69) is 5.32 Å². The van der Waals surface area contributed by atoms with Crippen molar-refractivity contribution < 1.29 is 9.53 Å². The Morgan fingerprint density at radius 2 is 2.24 bits per heavy atom. The summed E-state index contributed by atoms with van der Waals surface area (Å²) in [5.74, 6) is 0.849. The van der Waals surface area contributed by atoms with Crippen LogP contribution in [0.25, 0.3) is 0 Å². The molecule has 4 nitrogen and oxygen atoms in total. The summed E-state index contributed by atoms with van der Waals surface area (Å²) >= 11 is 5.95. The number of hydrogen-bond acceptors (Lipinski definition) is 3. The number of nitrogens with two attached hydrogens (primary N) is 1. The molecular weight excluding hydrogens is 311 g/mol. The molecule has 0 saturated carbocycles. The van der Waals surface area contributed by atoms with Crippen molar-refractivity contribution in [3.63, 3.8) is 0 Å². The zero-order valence-electron chi connectivity index (χ0n) is 12.5. The summed E-state index contributed by atoms with van der Waals surface area (Å²) < 4.78 is 5.68. The van der Waals surface area contributed by atoms with Gasteiger partial charge < -0.3 is 15.8 Å². The molecule has 1 aromatic carbocycles. The molecule has 6 heteroatoms. The predicted molar refractivity (Wildman–Crippen MR) is 87.3 cm³/mol. The highest BCUT2D eigenvalue weighted by Crippen LogP contribution is 2.31. The van der Waals surface area contributed by atoms with E-state index in [1.807, 2.05) is 26.8 Å². The molecule has 118 valence electrons. The average Bonchev–Trinajstić information content (AvgIpc) is 2.81. The molecule has 1 aliphatic heterocycles. The first-order valence-corrected chi connectivity index (χ1v) is 7.20. The molecule has 1 aliphatic rings. The average molecular weight is 333 g/mol. The van der Waals surface area contributed by atoms with Crippen molar-refractivity contribution >= 4 is 29.9 Å². The van der Waals surface area contributed by atoms with Crippen LogP contribution in [0, 0.1) is 5.92 Å². The minimum Gasteiger partial charge on any atom is -0.480 e. The zero-order chi connectivity index (χ0) is 14.9. The topological polar surface area (TPSA) is 64.3 Å². The summed E-state index contributed by atoms with van der Waals surface area (Å²) in [4.78, 5) is 12.4. The van der Waals surface area contributed by atoms with E-state index in [0.717, 1.165) is 11.3 Å². The number of nitrogens with one attached hydrogen (secondary N) is 1. The molecule has 3 N–H and O–H groups in total. The molecule has 2 atom stereocenters. The fourth-order valence-corrected chi connectivity index (χ4v) is 2.35. The third kappa shape index (κ3) is 3.82. The van der Waals surface area contributed by atoms with Gasteiger partial charge in [-0.1, -0.05) is 25.4 Å². The predicted octanol–water partition coefficient (Wildman–Crippen LogP) is 2.55. The molecule has 0 spiro atoms. The van der Waals surface area contributed by atoms with Crippen LogP contribution in [0.5, 0.6) is 5.75 Å². The Bertz CT molecular complexity index is 522. The van der Waals surface area contributed by atoms with Gasteiger partial charge in [-0.2, -0.15) is 0 Å². The molecule has 0 bridgehead atoms. The van der Waals surface area contributed by atoms with Gasteiger partial charge in [0.05, 0.1) is 5.54 Å². The first-order chi connectivity index (χ1) is 9.35. The van der Waals surface area contributed by atoms with Gasteiger partial charge in [0.2, 0.25) is 0 Å². The van der Waals surface area contributed by atoms with Gasteiger partial charge in [0.1, 0.15) is 5.75 Å². The van der Waals surface area contributed by atoms with Crippen LogP contribution in [0.1, 0.15) is 26.3 Å². The molecule has 0 fully saturated rings. The minimum atomic E-state index is -0.506. The van der Waals surface area contributed by atoms with Crippen molar-refractivity contribution in [2.75, 3.05) is 6.54 Å². The first-order valence-electron chi connectivity index (χ1n) is 6.83. The van der Waals surface area contributed by atoms with Crippen molar-refractivity contribution in [2.24, 2.45) is 11.7 Å². The highest BCUT2D eigenvalue weighted by Gasteiger charge is 2.35. The van der Waals surface area contributed by atoms with Crippen LogP contribution in [0.2, 0.25) is 5.02 Å². The second-order valence-electron chi connectivity index (χ2n) is 5.83. The maximum Gasteiger partial charge on any atom is 0.261 e. The van der Waals surface area contributed by atoms with E-state index >= 15 is 0 Å². The van der Waals surface area contributed by atoms with Crippen LogP contribution in [0.4, 0.5) is 0 Å². The number of hydrogen-bond donors (Lipinski definition) is 2. The highest BCUT2D eigenvalue weighted by molar-refractivity contribution is 6.30. The van der Waals surface area contributed by atoms with Gasteiger partial charge in [0.15, 0.2) is 6.10 Å². The fourth-order valence-electron chi connectivity index (χ4n) is 2.16. The Morgan fingerprint density at radius 1 is 1.57 bits per heavy atom. The minimum absolute atomic E-state index is 0. The zero-order valence-corrected chi connectivity index (χ0v) is 14.1. The van der Waals surface area contributed by atoms with Crippen LogP contribution in [-0.2, 0) is 11.2 Å². The monoisotopic (exact) mass is 332 g/mol. The van der Waals surface area contributed by atoms with Crippen molar-refractivity contribution in [1.82, 2.24) is 5.32 Å². The Morgan fingerprint density at radius 3 is 2.81 bits per heavy atom. The molecule has 21 heavy (non-hydrogen) atoms. The van der Waals surface area contributed by atoms with Gasteiger partial charge in [0, 0.05) is 18.0 Å². The summed E-state index contributed by atoms with van der Waals surface area (Å²) in [5.41, 5.74) is 6.33. The van der Waals surface area contributed by atoms with E-state index in [1.165, 1.54) is 0 Å². The molecule has 1 aromatic rings. The number of halogens is 2. The van der Waals surface area contributed by atoms with Gasteiger partial charge in [0.25, 0.3) is 5.91 Å².